The summed E-state index contributed by atoms with van der Waals surface area (Å²) >= 11 is 1.53. The number of hydrogen-bond acceptors (Lipinski definition) is 5. The molecule has 1 unspecified atom stereocenters. The van der Waals surface area contributed by atoms with E-state index in [1.54, 1.807) is 21.1 Å². The van der Waals surface area contributed by atoms with Crippen LogP contribution in [0.25, 0.3) is 10.1 Å². The molecule has 0 aliphatic heterocycles. The van der Waals surface area contributed by atoms with Gasteiger partial charge in [0.05, 0.1) is 14.2 Å². The summed E-state index contributed by atoms with van der Waals surface area (Å²) in [4.78, 5) is 13.0. The molecular weight excluding hydrogens is 388 g/mol. The minimum atomic E-state index is -1.38. The van der Waals surface area contributed by atoms with Crippen molar-refractivity contribution in [2.24, 2.45) is 0 Å². The molecule has 0 amide bonds. The van der Waals surface area contributed by atoms with Gasteiger partial charge in [-0.2, -0.15) is 0 Å². The molecule has 3 aromatic rings. The summed E-state index contributed by atoms with van der Waals surface area (Å²) in [5.74, 6) is 1.24. The second-order valence-electron chi connectivity index (χ2n) is 7.50. The SMILES string of the molecule is COc1cc2cc(CC(C)(Oc3ccc(C(C)C)cc3)C(=O)O)sc2cc1OC. The molecule has 0 bridgehead atoms. The predicted octanol–water partition coefficient (Wildman–Crippen LogP) is 5.51. The Morgan fingerprint density at radius 3 is 2.24 bits per heavy atom. The lowest BCUT2D eigenvalue weighted by molar-refractivity contribution is -0.153. The first-order chi connectivity index (χ1) is 13.8. The van der Waals surface area contributed by atoms with Crippen LogP contribution >= 0.6 is 11.3 Å². The zero-order valence-electron chi connectivity index (χ0n) is 17.3. The molecule has 6 heteroatoms. The summed E-state index contributed by atoms with van der Waals surface area (Å²) in [6.07, 6.45) is 0.248. The lowest BCUT2D eigenvalue weighted by Crippen LogP contribution is -2.43. The van der Waals surface area contributed by atoms with Gasteiger partial charge in [-0.15, -0.1) is 11.3 Å². The van der Waals surface area contributed by atoms with E-state index >= 15 is 0 Å². The number of benzene rings is 2. The number of ether oxygens (including phenoxy) is 3. The normalized spacial score (nSPS) is 13.3. The van der Waals surface area contributed by atoms with E-state index in [-0.39, 0.29) is 6.42 Å². The Bertz CT molecular complexity index is 965. The molecular formula is C23H26O5S. The zero-order chi connectivity index (χ0) is 21.2. The molecule has 2 aromatic carbocycles. The van der Waals surface area contributed by atoms with Crippen LogP contribution in [0.4, 0.5) is 0 Å². The molecule has 1 heterocycles. The number of methoxy groups -OCH3 is 2. The topological polar surface area (TPSA) is 65.0 Å². The van der Waals surface area contributed by atoms with Gasteiger partial charge in [0.15, 0.2) is 11.5 Å². The summed E-state index contributed by atoms with van der Waals surface area (Å²) in [6, 6.07) is 13.4. The highest BCUT2D eigenvalue weighted by atomic mass is 32.1. The molecule has 5 nitrogen and oxygen atoms in total. The molecule has 0 aliphatic rings. The maximum Gasteiger partial charge on any atom is 0.348 e. The van der Waals surface area contributed by atoms with Gasteiger partial charge in [0.2, 0.25) is 5.60 Å². The van der Waals surface area contributed by atoms with Gasteiger partial charge in [0.25, 0.3) is 0 Å². The van der Waals surface area contributed by atoms with E-state index in [0.29, 0.717) is 23.2 Å². The third-order valence-electron chi connectivity index (χ3n) is 4.93. The fourth-order valence-corrected chi connectivity index (χ4v) is 4.39. The number of carbonyl (C=O) groups is 1. The Balaban J connectivity index is 1.88. The van der Waals surface area contributed by atoms with E-state index in [9.17, 15) is 9.90 Å². The lowest BCUT2D eigenvalue weighted by Gasteiger charge is -2.26. The number of carboxylic acids is 1. The fourth-order valence-electron chi connectivity index (χ4n) is 3.18. The van der Waals surface area contributed by atoms with Gasteiger partial charge in [-0.05, 0) is 48.1 Å². The molecule has 0 aliphatic carbocycles. The molecule has 0 spiro atoms. The average Bonchev–Trinajstić information content (AvgIpc) is 3.07. The molecule has 1 aromatic heterocycles. The van der Waals surface area contributed by atoms with Crippen LogP contribution in [-0.4, -0.2) is 30.9 Å². The van der Waals surface area contributed by atoms with Crippen molar-refractivity contribution in [3.63, 3.8) is 0 Å². The Kier molecular flexibility index (Phi) is 6.03. The van der Waals surface area contributed by atoms with Crippen LogP contribution in [0.15, 0.2) is 42.5 Å². The first-order valence-electron chi connectivity index (χ1n) is 9.42. The van der Waals surface area contributed by atoms with Crippen molar-refractivity contribution in [3.8, 4) is 17.2 Å². The van der Waals surface area contributed by atoms with E-state index < -0.39 is 11.6 Å². The molecule has 0 saturated heterocycles. The van der Waals surface area contributed by atoms with Crippen LogP contribution < -0.4 is 14.2 Å². The van der Waals surface area contributed by atoms with Gasteiger partial charge in [-0.25, -0.2) is 4.79 Å². The maximum atomic E-state index is 12.1. The summed E-state index contributed by atoms with van der Waals surface area (Å²) in [7, 11) is 3.19. The lowest BCUT2D eigenvalue weighted by atomic mass is 10.00. The highest BCUT2D eigenvalue weighted by Gasteiger charge is 2.36. The van der Waals surface area contributed by atoms with E-state index in [1.807, 2.05) is 42.5 Å². The van der Waals surface area contributed by atoms with Gasteiger partial charge in [-0.3, -0.25) is 0 Å². The minimum absolute atomic E-state index is 0.248. The van der Waals surface area contributed by atoms with Crippen molar-refractivity contribution < 1.29 is 24.1 Å². The Hall–Kier alpha value is -2.73. The molecule has 0 saturated carbocycles. The monoisotopic (exact) mass is 414 g/mol. The van der Waals surface area contributed by atoms with Crippen LogP contribution in [0.3, 0.4) is 0 Å². The van der Waals surface area contributed by atoms with Crippen molar-refractivity contribution in [3.05, 3.63) is 52.9 Å². The van der Waals surface area contributed by atoms with Gasteiger partial charge < -0.3 is 19.3 Å². The molecule has 29 heavy (non-hydrogen) atoms. The number of rotatable bonds is 8. The van der Waals surface area contributed by atoms with Crippen molar-refractivity contribution >= 4 is 27.4 Å². The molecule has 1 N–H and O–H groups in total. The fraction of sp³-hybridized carbons (Fsp3) is 0.348. The second-order valence-corrected chi connectivity index (χ2v) is 8.66. The van der Waals surface area contributed by atoms with Crippen molar-refractivity contribution in [2.45, 2.75) is 38.7 Å². The van der Waals surface area contributed by atoms with Crippen LogP contribution in [0.5, 0.6) is 17.2 Å². The quantitative estimate of drug-likeness (QED) is 0.527. The van der Waals surface area contributed by atoms with E-state index in [0.717, 1.165) is 15.0 Å². The van der Waals surface area contributed by atoms with Crippen molar-refractivity contribution in [1.82, 2.24) is 0 Å². The van der Waals surface area contributed by atoms with E-state index in [1.165, 1.54) is 16.9 Å². The van der Waals surface area contributed by atoms with Crippen LogP contribution in [0.1, 0.15) is 37.1 Å². The number of aliphatic carboxylic acids is 1. The average molecular weight is 415 g/mol. The summed E-state index contributed by atoms with van der Waals surface area (Å²) in [6.45, 7) is 5.84. The van der Waals surface area contributed by atoms with E-state index in [2.05, 4.69) is 13.8 Å². The number of hydrogen-bond donors (Lipinski definition) is 1. The first kappa shape index (κ1) is 21.0. The zero-order valence-corrected chi connectivity index (χ0v) is 18.1. The smallest absolute Gasteiger partial charge is 0.348 e. The van der Waals surface area contributed by atoms with Crippen LogP contribution in [0, 0.1) is 0 Å². The van der Waals surface area contributed by atoms with Gasteiger partial charge >= 0.3 is 5.97 Å². The molecule has 154 valence electrons. The van der Waals surface area contributed by atoms with Crippen molar-refractivity contribution in [2.75, 3.05) is 14.2 Å². The first-order valence-corrected chi connectivity index (χ1v) is 10.2. The number of carboxylic acid groups (broad SMARTS) is 1. The Morgan fingerprint density at radius 2 is 1.69 bits per heavy atom. The summed E-state index contributed by atoms with van der Waals surface area (Å²) < 4.78 is 17.7. The third kappa shape index (κ3) is 4.48. The molecule has 0 fully saturated rings. The van der Waals surface area contributed by atoms with Crippen molar-refractivity contribution in [1.29, 1.82) is 0 Å². The molecule has 0 radical (unpaired) electrons. The van der Waals surface area contributed by atoms with Gasteiger partial charge in [0.1, 0.15) is 5.75 Å². The standard InChI is InChI=1S/C23H26O5S/c1-14(2)15-6-8-17(9-7-15)28-23(3,22(24)25)13-18-10-16-11-19(26-4)20(27-5)12-21(16)29-18/h6-12,14H,13H2,1-5H3,(H,24,25). The second kappa shape index (κ2) is 8.33. The van der Waals surface area contributed by atoms with E-state index in [4.69, 9.17) is 14.2 Å². The minimum Gasteiger partial charge on any atom is -0.493 e. The Morgan fingerprint density at radius 1 is 1.07 bits per heavy atom. The molecule has 1 atom stereocenters. The Labute approximate surface area is 174 Å². The highest BCUT2D eigenvalue weighted by Crippen LogP contribution is 2.38. The summed E-state index contributed by atoms with van der Waals surface area (Å²) in [5.41, 5.74) is -0.198. The summed E-state index contributed by atoms with van der Waals surface area (Å²) in [5, 5.41) is 10.9. The van der Waals surface area contributed by atoms with Crippen LogP contribution in [-0.2, 0) is 11.2 Å². The highest BCUT2D eigenvalue weighted by molar-refractivity contribution is 7.19. The third-order valence-corrected chi connectivity index (χ3v) is 6.03. The predicted molar refractivity (Wildman–Crippen MR) is 116 cm³/mol. The molecule has 3 rings (SSSR count). The van der Waals surface area contributed by atoms with Crippen LogP contribution in [0.2, 0.25) is 0 Å². The van der Waals surface area contributed by atoms with Gasteiger partial charge in [-0.1, -0.05) is 26.0 Å². The number of thiophene rings is 1. The number of fused-ring (bicyclic) bond motifs is 1. The van der Waals surface area contributed by atoms with Gasteiger partial charge in [0, 0.05) is 22.1 Å². The maximum absolute atomic E-state index is 12.1. The largest absolute Gasteiger partial charge is 0.493 e.